The van der Waals surface area contributed by atoms with Gasteiger partial charge in [-0.1, -0.05) is 6.07 Å². The molecule has 1 aliphatic rings. The minimum Gasteiger partial charge on any atom is -0.381 e. The van der Waals surface area contributed by atoms with Crippen molar-refractivity contribution in [1.29, 1.82) is 0 Å². The Kier molecular flexibility index (Phi) is 5.35. The van der Waals surface area contributed by atoms with Gasteiger partial charge in [-0.3, -0.25) is 4.79 Å². The van der Waals surface area contributed by atoms with Crippen LogP contribution in [0.4, 0.5) is 5.69 Å². The molecule has 20 heavy (non-hydrogen) atoms. The topological polar surface area (TPSA) is 32.3 Å². The first-order valence-electron chi connectivity index (χ1n) is 7.20. The van der Waals surface area contributed by atoms with E-state index in [1.54, 1.807) is 11.8 Å². The lowest BCUT2D eigenvalue weighted by molar-refractivity contribution is -0.129. The molecule has 0 radical (unpaired) electrons. The number of anilines is 1. The predicted molar refractivity (Wildman–Crippen MR) is 87.5 cm³/mol. The number of likely N-dealkylation sites (tertiary alicyclic amines) is 1. The van der Waals surface area contributed by atoms with Gasteiger partial charge in [0.2, 0.25) is 5.91 Å². The van der Waals surface area contributed by atoms with E-state index >= 15 is 0 Å². The van der Waals surface area contributed by atoms with Gasteiger partial charge in [-0.15, -0.1) is 0 Å². The van der Waals surface area contributed by atoms with Crippen molar-refractivity contribution in [3.05, 3.63) is 29.3 Å². The maximum absolute atomic E-state index is 12.0. The monoisotopic (exact) mass is 292 g/mol. The largest absolute Gasteiger partial charge is 0.381 e. The highest BCUT2D eigenvalue weighted by Crippen LogP contribution is 2.19. The van der Waals surface area contributed by atoms with Crippen molar-refractivity contribution in [2.75, 3.05) is 30.4 Å². The van der Waals surface area contributed by atoms with Gasteiger partial charge in [0.1, 0.15) is 0 Å². The molecule has 1 amide bonds. The molecule has 0 saturated carbocycles. The third kappa shape index (κ3) is 3.92. The van der Waals surface area contributed by atoms with Crippen molar-refractivity contribution in [1.82, 2.24) is 4.90 Å². The average Bonchev–Trinajstić information content (AvgIpc) is 2.43. The van der Waals surface area contributed by atoms with Gasteiger partial charge in [-0.05, 0) is 56.2 Å². The molecule has 2 rings (SSSR count). The van der Waals surface area contributed by atoms with Gasteiger partial charge in [0, 0.05) is 24.8 Å². The second-order valence-electron chi connectivity index (χ2n) is 5.56. The van der Waals surface area contributed by atoms with Gasteiger partial charge in [-0.2, -0.15) is 11.8 Å². The molecule has 0 bridgehead atoms. The van der Waals surface area contributed by atoms with Crippen LogP contribution in [-0.2, 0) is 4.79 Å². The molecule has 1 saturated heterocycles. The summed E-state index contributed by atoms with van der Waals surface area (Å²) in [5, 5.41) is 3.58. The van der Waals surface area contributed by atoms with Gasteiger partial charge >= 0.3 is 0 Å². The molecule has 1 heterocycles. The van der Waals surface area contributed by atoms with Crippen LogP contribution in [0, 0.1) is 13.8 Å². The van der Waals surface area contributed by atoms with Crippen molar-refractivity contribution in [3.63, 3.8) is 0 Å². The highest BCUT2D eigenvalue weighted by Gasteiger charge is 2.23. The Bertz CT molecular complexity index is 476. The lowest BCUT2D eigenvalue weighted by Crippen LogP contribution is -2.45. The van der Waals surface area contributed by atoms with E-state index in [1.165, 1.54) is 11.1 Å². The fourth-order valence-electron chi connectivity index (χ4n) is 2.60. The lowest BCUT2D eigenvalue weighted by Gasteiger charge is -2.33. The summed E-state index contributed by atoms with van der Waals surface area (Å²) in [5.74, 6) is 0.861. The Morgan fingerprint density at radius 3 is 2.90 bits per heavy atom. The number of aryl methyl sites for hydroxylation is 2. The molecule has 1 N–H and O–H groups in total. The van der Waals surface area contributed by atoms with Crippen LogP contribution in [0.1, 0.15) is 24.0 Å². The molecule has 0 unspecified atom stereocenters. The summed E-state index contributed by atoms with van der Waals surface area (Å²) < 4.78 is 0. The smallest absolute Gasteiger partial charge is 0.232 e. The van der Waals surface area contributed by atoms with E-state index < -0.39 is 0 Å². The van der Waals surface area contributed by atoms with Gasteiger partial charge in [0.15, 0.2) is 0 Å². The molecular weight excluding hydrogens is 268 g/mol. The zero-order valence-electron chi connectivity index (χ0n) is 12.6. The SMILES string of the molecule is CSCC(=O)N1CCC[C@H](Nc2ccc(C)c(C)c2)C1. The zero-order valence-corrected chi connectivity index (χ0v) is 13.4. The first-order chi connectivity index (χ1) is 9.60. The van der Waals surface area contributed by atoms with E-state index in [0.717, 1.165) is 31.6 Å². The first-order valence-corrected chi connectivity index (χ1v) is 8.60. The van der Waals surface area contributed by atoms with Crippen LogP contribution in [0.15, 0.2) is 18.2 Å². The number of carbonyl (C=O) groups is 1. The van der Waals surface area contributed by atoms with Gasteiger partial charge < -0.3 is 10.2 Å². The Labute approximate surface area is 126 Å². The summed E-state index contributed by atoms with van der Waals surface area (Å²) in [4.78, 5) is 14.0. The second kappa shape index (κ2) is 7.02. The summed E-state index contributed by atoms with van der Waals surface area (Å²) >= 11 is 1.60. The van der Waals surface area contributed by atoms with Crippen molar-refractivity contribution < 1.29 is 4.79 Å². The van der Waals surface area contributed by atoms with Gasteiger partial charge in [-0.25, -0.2) is 0 Å². The molecular formula is C16H24N2OS. The predicted octanol–water partition coefficient (Wildman–Crippen LogP) is 3.07. The summed E-state index contributed by atoms with van der Waals surface area (Å²) in [7, 11) is 0. The maximum Gasteiger partial charge on any atom is 0.232 e. The van der Waals surface area contributed by atoms with Crippen molar-refractivity contribution in [3.8, 4) is 0 Å². The molecule has 1 atom stereocenters. The average molecular weight is 292 g/mol. The highest BCUT2D eigenvalue weighted by molar-refractivity contribution is 7.99. The molecule has 1 aromatic carbocycles. The number of rotatable bonds is 4. The van der Waals surface area contributed by atoms with Crippen LogP contribution in [0.25, 0.3) is 0 Å². The molecule has 110 valence electrons. The Morgan fingerprint density at radius 2 is 2.20 bits per heavy atom. The third-order valence-electron chi connectivity index (χ3n) is 3.92. The van der Waals surface area contributed by atoms with Crippen molar-refractivity contribution in [2.24, 2.45) is 0 Å². The van der Waals surface area contributed by atoms with E-state index in [4.69, 9.17) is 0 Å². The fourth-order valence-corrected chi connectivity index (χ4v) is 3.03. The summed E-state index contributed by atoms with van der Waals surface area (Å²) in [6, 6.07) is 6.84. The van der Waals surface area contributed by atoms with Gasteiger partial charge in [0.25, 0.3) is 0 Å². The number of hydrogen-bond donors (Lipinski definition) is 1. The molecule has 3 nitrogen and oxygen atoms in total. The molecule has 4 heteroatoms. The van der Waals surface area contributed by atoms with Crippen LogP contribution < -0.4 is 5.32 Å². The van der Waals surface area contributed by atoms with Crippen LogP contribution >= 0.6 is 11.8 Å². The van der Waals surface area contributed by atoms with Crippen LogP contribution in [-0.4, -0.2) is 41.9 Å². The Hall–Kier alpha value is -1.16. The number of nitrogens with one attached hydrogen (secondary N) is 1. The summed E-state index contributed by atoms with van der Waals surface area (Å²) in [5.41, 5.74) is 3.79. The van der Waals surface area contributed by atoms with E-state index in [0.29, 0.717) is 11.8 Å². The lowest BCUT2D eigenvalue weighted by atomic mass is 10.0. The highest BCUT2D eigenvalue weighted by atomic mass is 32.2. The van der Waals surface area contributed by atoms with Crippen LogP contribution in [0.3, 0.4) is 0 Å². The number of thioether (sulfide) groups is 1. The number of benzene rings is 1. The molecule has 1 aliphatic heterocycles. The van der Waals surface area contributed by atoms with E-state index in [1.807, 2.05) is 11.2 Å². The quantitative estimate of drug-likeness (QED) is 0.925. The molecule has 0 aliphatic carbocycles. The standard InChI is InChI=1S/C16H24N2OS/c1-12-6-7-14(9-13(12)2)17-15-5-4-8-18(10-15)16(19)11-20-3/h6-7,9,15,17H,4-5,8,10-11H2,1-3H3/t15-/m0/s1. The zero-order chi connectivity index (χ0) is 14.5. The Morgan fingerprint density at radius 1 is 1.40 bits per heavy atom. The van der Waals surface area contributed by atoms with Crippen molar-refractivity contribution >= 4 is 23.4 Å². The van der Waals surface area contributed by atoms with E-state index in [2.05, 4.69) is 37.4 Å². The Balaban J connectivity index is 1.95. The number of amides is 1. The normalized spacial score (nSPS) is 18.9. The maximum atomic E-state index is 12.0. The van der Waals surface area contributed by atoms with E-state index in [-0.39, 0.29) is 5.91 Å². The second-order valence-corrected chi connectivity index (χ2v) is 6.42. The number of carbonyl (C=O) groups excluding carboxylic acids is 1. The van der Waals surface area contributed by atoms with Gasteiger partial charge in [0.05, 0.1) is 5.75 Å². The van der Waals surface area contributed by atoms with Crippen molar-refractivity contribution in [2.45, 2.75) is 32.7 Å². The number of hydrogen-bond acceptors (Lipinski definition) is 3. The minimum absolute atomic E-state index is 0.268. The third-order valence-corrected chi connectivity index (χ3v) is 4.46. The van der Waals surface area contributed by atoms with Crippen LogP contribution in [0.2, 0.25) is 0 Å². The molecule has 0 aromatic heterocycles. The molecule has 0 spiro atoms. The molecule has 1 fully saturated rings. The summed E-state index contributed by atoms with van der Waals surface area (Å²) in [6.07, 6.45) is 4.20. The fraction of sp³-hybridized carbons (Fsp3) is 0.562. The molecule has 1 aromatic rings. The van der Waals surface area contributed by atoms with E-state index in [9.17, 15) is 4.79 Å². The minimum atomic E-state index is 0.268. The number of piperidine rings is 1. The van der Waals surface area contributed by atoms with Crippen LogP contribution in [0.5, 0.6) is 0 Å². The number of nitrogens with zero attached hydrogens (tertiary/aromatic N) is 1. The first kappa shape index (κ1) is 15.2. The summed E-state index contributed by atoms with van der Waals surface area (Å²) in [6.45, 7) is 6.00.